The molecule has 0 amide bonds. The van der Waals surface area contributed by atoms with Crippen molar-refractivity contribution in [2.45, 2.75) is 26.6 Å². The minimum absolute atomic E-state index is 0.216. The monoisotopic (exact) mass is 430 g/mol. The van der Waals surface area contributed by atoms with Gasteiger partial charge in [0.1, 0.15) is 12.1 Å². The smallest absolute Gasteiger partial charge is 0.367 e. The van der Waals surface area contributed by atoms with E-state index >= 15 is 0 Å². The molecular formula is C22H25F3N6. The molecule has 0 aliphatic carbocycles. The number of rotatable bonds is 4. The number of piperazine rings is 1. The molecule has 0 bridgehead atoms. The molecule has 1 aliphatic heterocycles. The predicted molar refractivity (Wildman–Crippen MR) is 115 cm³/mol. The van der Waals surface area contributed by atoms with Crippen molar-refractivity contribution in [1.29, 1.82) is 0 Å². The van der Waals surface area contributed by atoms with E-state index in [1.165, 1.54) is 19.3 Å². The lowest BCUT2D eigenvalue weighted by atomic mass is 10.0. The Morgan fingerprint density at radius 1 is 1.06 bits per heavy atom. The van der Waals surface area contributed by atoms with E-state index in [1.54, 1.807) is 6.07 Å². The second kappa shape index (κ2) is 8.30. The first kappa shape index (κ1) is 21.3. The zero-order chi connectivity index (χ0) is 22.2. The van der Waals surface area contributed by atoms with Gasteiger partial charge in [-0.3, -0.25) is 0 Å². The Bertz CT molecular complexity index is 1090. The molecule has 2 aromatic heterocycles. The average molecular weight is 430 g/mol. The van der Waals surface area contributed by atoms with Crippen LogP contribution in [0.4, 0.5) is 24.7 Å². The summed E-state index contributed by atoms with van der Waals surface area (Å²) >= 11 is 0. The zero-order valence-electron chi connectivity index (χ0n) is 17.8. The van der Waals surface area contributed by atoms with Crippen molar-refractivity contribution in [1.82, 2.24) is 19.9 Å². The Kier molecular flexibility index (Phi) is 5.70. The summed E-state index contributed by atoms with van der Waals surface area (Å²) < 4.78 is 39.7. The number of halogens is 3. The van der Waals surface area contributed by atoms with Gasteiger partial charge in [0.2, 0.25) is 0 Å². The molecule has 4 rings (SSSR count). The standard InChI is InChI=1S/C22H25F3N6/c1-14-16(5-4-6-18(14)22(23,24)25)12-26-20-17-11-19(31-9-7-30(3)8-10-31)15(2)29-21(17)28-13-27-20/h4-6,11,13H,7-10,12H2,1-3H3,(H,26,27,28,29). The van der Waals surface area contributed by atoms with Crippen molar-refractivity contribution in [3.63, 3.8) is 0 Å². The van der Waals surface area contributed by atoms with Gasteiger partial charge < -0.3 is 15.1 Å². The molecule has 1 aliphatic rings. The van der Waals surface area contributed by atoms with E-state index in [4.69, 9.17) is 0 Å². The fraction of sp³-hybridized carbons (Fsp3) is 0.409. The van der Waals surface area contributed by atoms with Gasteiger partial charge >= 0.3 is 6.18 Å². The number of nitrogens with zero attached hydrogens (tertiary/aromatic N) is 5. The molecule has 9 heteroatoms. The van der Waals surface area contributed by atoms with Crippen LogP contribution in [-0.2, 0) is 12.7 Å². The quantitative estimate of drug-likeness (QED) is 0.675. The number of aromatic nitrogens is 3. The molecule has 1 aromatic carbocycles. The van der Waals surface area contributed by atoms with Crippen LogP contribution >= 0.6 is 0 Å². The zero-order valence-corrected chi connectivity index (χ0v) is 17.8. The molecule has 164 valence electrons. The van der Waals surface area contributed by atoms with Gasteiger partial charge in [-0.05, 0) is 44.2 Å². The molecule has 6 nitrogen and oxygen atoms in total. The number of hydrogen-bond donors (Lipinski definition) is 1. The molecule has 0 spiro atoms. The number of nitrogens with one attached hydrogen (secondary N) is 1. The number of fused-ring (bicyclic) bond motifs is 1. The first-order chi connectivity index (χ1) is 14.7. The minimum Gasteiger partial charge on any atom is -0.367 e. The summed E-state index contributed by atoms with van der Waals surface area (Å²) in [6.07, 6.45) is -2.95. The topological polar surface area (TPSA) is 57.2 Å². The van der Waals surface area contributed by atoms with Crippen molar-refractivity contribution in [2.24, 2.45) is 0 Å². The Balaban J connectivity index is 1.64. The lowest BCUT2D eigenvalue weighted by molar-refractivity contribution is -0.138. The van der Waals surface area contributed by atoms with E-state index in [0.717, 1.165) is 49.0 Å². The van der Waals surface area contributed by atoms with Crippen LogP contribution < -0.4 is 10.2 Å². The fourth-order valence-corrected chi connectivity index (χ4v) is 3.93. The number of hydrogen-bond acceptors (Lipinski definition) is 6. The van der Waals surface area contributed by atoms with E-state index in [1.807, 2.05) is 13.0 Å². The van der Waals surface area contributed by atoms with Gasteiger partial charge in [0, 0.05) is 32.7 Å². The molecule has 1 fully saturated rings. The normalized spacial score (nSPS) is 15.5. The maximum Gasteiger partial charge on any atom is 0.416 e. The van der Waals surface area contributed by atoms with Crippen LogP contribution in [0.2, 0.25) is 0 Å². The van der Waals surface area contributed by atoms with Crippen LogP contribution in [0, 0.1) is 13.8 Å². The summed E-state index contributed by atoms with van der Waals surface area (Å²) in [5.41, 5.74) is 2.67. The molecule has 1 N–H and O–H groups in total. The maximum atomic E-state index is 13.2. The molecule has 0 atom stereocenters. The largest absolute Gasteiger partial charge is 0.416 e. The summed E-state index contributed by atoms with van der Waals surface area (Å²) in [5.74, 6) is 0.560. The number of anilines is 2. The highest BCUT2D eigenvalue weighted by molar-refractivity contribution is 5.89. The van der Waals surface area contributed by atoms with Crippen molar-refractivity contribution in [3.8, 4) is 0 Å². The molecular weight excluding hydrogens is 405 g/mol. The van der Waals surface area contributed by atoms with E-state index in [9.17, 15) is 13.2 Å². The second-order valence-electron chi connectivity index (χ2n) is 7.92. The Morgan fingerprint density at radius 3 is 2.52 bits per heavy atom. The highest BCUT2D eigenvalue weighted by Gasteiger charge is 2.32. The van der Waals surface area contributed by atoms with Crippen LogP contribution in [0.25, 0.3) is 11.0 Å². The average Bonchev–Trinajstić information content (AvgIpc) is 2.72. The summed E-state index contributed by atoms with van der Waals surface area (Å²) in [6, 6.07) is 6.26. The van der Waals surface area contributed by atoms with Gasteiger partial charge in [0.15, 0.2) is 5.65 Å². The lowest BCUT2D eigenvalue weighted by Crippen LogP contribution is -2.44. The highest BCUT2D eigenvalue weighted by atomic mass is 19.4. The third kappa shape index (κ3) is 4.41. The van der Waals surface area contributed by atoms with Crippen molar-refractivity contribution >= 4 is 22.5 Å². The molecule has 31 heavy (non-hydrogen) atoms. The summed E-state index contributed by atoms with van der Waals surface area (Å²) in [4.78, 5) is 17.9. The van der Waals surface area contributed by atoms with Gasteiger partial charge in [-0.1, -0.05) is 12.1 Å². The number of pyridine rings is 1. The predicted octanol–water partition coefficient (Wildman–Crippen LogP) is 4.02. The fourth-order valence-electron chi connectivity index (χ4n) is 3.93. The Hall–Kier alpha value is -2.94. The molecule has 3 heterocycles. The van der Waals surface area contributed by atoms with Crippen LogP contribution in [-0.4, -0.2) is 53.1 Å². The van der Waals surface area contributed by atoms with Crippen molar-refractivity contribution < 1.29 is 13.2 Å². The first-order valence-electron chi connectivity index (χ1n) is 10.2. The van der Waals surface area contributed by atoms with E-state index < -0.39 is 11.7 Å². The van der Waals surface area contributed by atoms with Gasteiger partial charge in [-0.15, -0.1) is 0 Å². The Morgan fingerprint density at radius 2 is 1.81 bits per heavy atom. The van der Waals surface area contributed by atoms with Crippen molar-refractivity contribution in [2.75, 3.05) is 43.4 Å². The highest BCUT2D eigenvalue weighted by Crippen LogP contribution is 2.33. The van der Waals surface area contributed by atoms with Gasteiger partial charge in [-0.25, -0.2) is 15.0 Å². The van der Waals surface area contributed by atoms with Crippen LogP contribution in [0.15, 0.2) is 30.6 Å². The first-order valence-corrected chi connectivity index (χ1v) is 10.2. The molecule has 0 saturated carbocycles. The lowest BCUT2D eigenvalue weighted by Gasteiger charge is -2.34. The third-order valence-corrected chi connectivity index (χ3v) is 5.83. The number of likely N-dealkylation sites (N-methyl/N-ethyl adjacent to an activating group) is 1. The SMILES string of the molecule is Cc1nc2ncnc(NCc3cccc(C(F)(F)F)c3C)c2cc1N1CCN(C)CC1. The number of aryl methyl sites for hydroxylation is 1. The van der Waals surface area contributed by atoms with E-state index in [2.05, 4.69) is 37.1 Å². The summed E-state index contributed by atoms with van der Waals surface area (Å²) in [7, 11) is 2.11. The molecule has 1 saturated heterocycles. The van der Waals surface area contributed by atoms with Gasteiger partial charge in [-0.2, -0.15) is 13.2 Å². The maximum absolute atomic E-state index is 13.2. The second-order valence-corrected chi connectivity index (χ2v) is 7.92. The van der Waals surface area contributed by atoms with E-state index in [0.29, 0.717) is 17.0 Å². The Labute approximate surface area is 179 Å². The third-order valence-electron chi connectivity index (χ3n) is 5.83. The summed E-state index contributed by atoms with van der Waals surface area (Å²) in [5, 5.41) is 3.95. The minimum atomic E-state index is -4.37. The van der Waals surface area contributed by atoms with Crippen LogP contribution in [0.3, 0.4) is 0 Å². The summed E-state index contributed by atoms with van der Waals surface area (Å²) in [6.45, 7) is 7.45. The molecule has 3 aromatic rings. The molecule has 0 radical (unpaired) electrons. The molecule has 0 unspecified atom stereocenters. The van der Waals surface area contributed by atoms with Crippen molar-refractivity contribution in [3.05, 3.63) is 53.0 Å². The van der Waals surface area contributed by atoms with E-state index in [-0.39, 0.29) is 12.1 Å². The van der Waals surface area contributed by atoms with Crippen LogP contribution in [0.5, 0.6) is 0 Å². The number of benzene rings is 1. The number of alkyl halides is 3. The van der Waals surface area contributed by atoms with Gasteiger partial charge in [0.05, 0.1) is 22.3 Å². The van der Waals surface area contributed by atoms with Gasteiger partial charge in [0.25, 0.3) is 0 Å². The van der Waals surface area contributed by atoms with Crippen LogP contribution in [0.1, 0.15) is 22.4 Å².